The van der Waals surface area contributed by atoms with Crippen LogP contribution in [0.3, 0.4) is 0 Å². The molecule has 1 heterocycles. The minimum absolute atomic E-state index is 0.00473. The molecule has 0 aromatic heterocycles. The molecule has 1 amide bonds. The lowest BCUT2D eigenvalue weighted by Crippen LogP contribution is -2.36. The molecular weight excluding hydrogens is 418 g/mol. The number of benzene rings is 4. The first kappa shape index (κ1) is 20.6. The van der Waals surface area contributed by atoms with Crippen LogP contribution in [0.4, 0.5) is 5.69 Å². The summed E-state index contributed by atoms with van der Waals surface area (Å²) in [7, 11) is 0. The molecule has 1 aliphatic heterocycles. The molecule has 160 valence electrons. The molecule has 32 heavy (non-hydrogen) atoms. The third-order valence-corrected chi connectivity index (χ3v) is 6.33. The molecule has 1 unspecified atom stereocenters. The standard InChI is InChI=1S/C28H24ClNO2/c1-2-32-23-13-10-21(11-14-23)25-17-27(31)30(18-19-6-5-8-22(29)16-19)26-15-12-20-7-3-4-9-24(20)28(25)26/h3-16,25H,2,17-18H2,1H3. The van der Waals surface area contributed by atoms with Crippen molar-refractivity contribution in [3.8, 4) is 5.75 Å². The molecule has 4 heteroatoms. The zero-order chi connectivity index (χ0) is 22.1. The number of fused-ring (bicyclic) bond motifs is 3. The van der Waals surface area contributed by atoms with Gasteiger partial charge in [-0.15, -0.1) is 0 Å². The van der Waals surface area contributed by atoms with Gasteiger partial charge in [0.05, 0.1) is 13.2 Å². The van der Waals surface area contributed by atoms with Crippen molar-refractivity contribution < 1.29 is 9.53 Å². The van der Waals surface area contributed by atoms with Gasteiger partial charge in [0, 0.05) is 23.0 Å². The Morgan fingerprint density at radius 1 is 0.969 bits per heavy atom. The molecule has 0 bridgehead atoms. The van der Waals surface area contributed by atoms with E-state index in [2.05, 4.69) is 48.5 Å². The van der Waals surface area contributed by atoms with E-state index in [4.69, 9.17) is 16.3 Å². The summed E-state index contributed by atoms with van der Waals surface area (Å²) >= 11 is 6.20. The molecule has 0 saturated heterocycles. The maximum absolute atomic E-state index is 13.4. The fraction of sp³-hybridized carbons (Fsp3) is 0.179. The van der Waals surface area contributed by atoms with Gasteiger partial charge < -0.3 is 9.64 Å². The van der Waals surface area contributed by atoms with Crippen LogP contribution in [0.2, 0.25) is 5.02 Å². The van der Waals surface area contributed by atoms with Crippen molar-refractivity contribution >= 4 is 34.0 Å². The number of hydrogen-bond donors (Lipinski definition) is 0. The Labute approximate surface area is 193 Å². The smallest absolute Gasteiger partial charge is 0.228 e. The highest BCUT2D eigenvalue weighted by molar-refractivity contribution is 6.30. The van der Waals surface area contributed by atoms with Crippen LogP contribution in [-0.4, -0.2) is 12.5 Å². The van der Waals surface area contributed by atoms with Crippen LogP contribution in [0.15, 0.2) is 84.9 Å². The number of nitrogens with zero attached hydrogens (tertiary/aromatic N) is 1. The van der Waals surface area contributed by atoms with Gasteiger partial charge in [0.2, 0.25) is 5.91 Å². The molecule has 0 spiro atoms. The average Bonchev–Trinajstić information content (AvgIpc) is 2.81. The molecule has 0 N–H and O–H groups in total. The van der Waals surface area contributed by atoms with Gasteiger partial charge in [0.1, 0.15) is 5.75 Å². The first-order valence-electron chi connectivity index (χ1n) is 10.9. The van der Waals surface area contributed by atoms with Gasteiger partial charge in [0.25, 0.3) is 0 Å². The summed E-state index contributed by atoms with van der Waals surface area (Å²) in [4.78, 5) is 15.3. The predicted octanol–water partition coefficient (Wildman–Crippen LogP) is 6.96. The normalized spacial score (nSPS) is 15.6. The van der Waals surface area contributed by atoms with Crippen molar-refractivity contribution in [3.63, 3.8) is 0 Å². The Bertz CT molecular complexity index is 1280. The molecule has 0 radical (unpaired) electrons. The van der Waals surface area contributed by atoms with Crippen LogP contribution in [0.5, 0.6) is 5.75 Å². The predicted molar refractivity (Wildman–Crippen MR) is 131 cm³/mol. The summed E-state index contributed by atoms with van der Waals surface area (Å²) < 4.78 is 5.62. The number of rotatable bonds is 5. The lowest BCUT2D eigenvalue weighted by molar-refractivity contribution is -0.119. The number of anilines is 1. The number of hydrogen-bond acceptors (Lipinski definition) is 2. The van der Waals surface area contributed by atoms with Crippen molar-refractivity contribution in [2.75, 3.05) is 11.5 Å². The van der Waals surface area contributed by atoms with Gasteiger partial charge in [-0.25, -0.2) is 0 Å². The zero-order valence-corrected chi connectivity index (χ0v) is 18.7. The highest BCUT2D eigenvalue weighted by atomic mass is 35.5. The highest BCUT2D eigenvalue weighted by Crippen LogP contribution is 2.44. The van der Waals surface area contributed by atoms with E-state index in [0.29, 0.717) is 24.6 Å². The SMILES string of the molecule is CCOc1ccc(C2CC(=O)N(Cc3cccc(Cl)c3)c3ccc4ccccc4c32)cc1. The molecule has 1 aliphatic rings. The zero-order valence-electron chi connectivity index (χ0n) is 17.9. The molecule has 0 saturated carbocycles. The summed E-state index contributed by atoms with van der Waals surface area (Å²) in [6.45, 7) is 3.11. The maximum Gasteiger partial charge on any atom is 0.228 e. The minimum atomic E-state index is -0.00473. The fourth-order valence-corrected chi connectivity index (χ4v) is 4.86. The molecular formula is C28H24ClNO2. The first-order chi connectivity index (χ1) is 15.6. The lowest BCUT2D eigenvalue weighted by Gasteiger charge is -2.35. The van der Waals surface area contributed by atoms with Gasteiger partial charge >= 0.3 is 0 Å². The van der Waals surface area contributed by atoms with E-state index >= 15 is 0 Å². The first-order valence-corrected chi connectivity index (χ1v) is 11.3. The molecule has 5 rings (SSSR count). The third-order valence-electron chi connectivity index (χ3n) is 6.09. The van der Waals surface area contributed by atoms with Gasteiger partial charge in [-0.3, -0.25) is 4.79 Å². The van der Waals surface area contributed by atoms with E-state index in [1.54, 1.807) is 0 Å². The van der Waals surface area contributed by atoms with Crippen molar-refractivity contribution in [1.29, 1.82) is 0 Å². The Hall–Kier alpha value is -3.30. The van der Waals surface area contributed by atoms with Gasteiger partial charge in [0.15, 0.2) is 0 Å². The third kappa shape index (κ3) is 3.85. The fourth-order valence-electron chi connectivity index (χ4n) is 4.65. The molecule has 0 aliphatic carbocycles. The number of amides is 1. The van der Waals surface area contributed by atoms with Crippen LogP contribution >= 0.6 is 11.6 Å². The van der Waals surface area contributed by atoms with Crippen molar-refractivity contribution in [2.24, 2.45) is 0 Å². The highest BCUT2D eigenvalue weighted by Gasteiger charge is 2.33. The van der Waals surface area contributed by atoms with E-state index in [1.807, 2.05) is 48.2 Å². The summed E-state index contributed by atoms with van der Waals surface area (Å²) in [5.74, 6) is 0.959. The average molecular weight is 442 g/mol. The Balaban J connectivity index is 1.63. The van der Waals surface area contributed by atoms with E-state index in [1.165, 1.54) is 16.3 Å². The van der Waals surface area contributed by atoms with Crippen LogP contribution < -0.4 is 9.64 Å². The molecule has 3 nitrogen and oxygen atoms in total. The van der Waals surface area contributed by atoms with E-state index in [-0.39, 0.29) is 11.8 Å². The largest absolute Gasteiger partial charge is 0.494 e. The van der Waals surface area contributed by atoms with Crippen molar-refractivity contribution in [1.82, 2.24) is 0 Å². The molecule has 0 fully saturated rings. The van der Waals surface area contributed by atoms with Gasteiger partial charge in [-0.1, -0.05) is 66.2 Å². The second-order valence-corrected chi connectivity index (χ2v) is 8.52. The summed E-state index contributed by atoms with van der Waals surface area (Å²) in [5, 5.41) is 3.05. The molecule has 4 aromatic carbocycles. The van der Waals surface area contributed by atoms with Crippen molar-refractivity contribution in [2.45, 2.75) is 25.8 Å². The van der Waals surface area contributed by atoms with Gasteiger partial charge in [-0.05, 0) is 64.7 Å². The summed E-state index contributed by atoms with van der Waals surface area (Å²) in [6, 6.07) is 28.5. The second kappa shape index (κ2) is 8.68. The lowest BCUT2D eigenvalue weighted by atomic mass is 9.81. The van der Waals surface area contributed by atoms with Crippen molar-refractivity contribution in [3.05, 3.63) is 107 Å². The number of halogens is 1. The van der Waals surface area contributed by atoms with E-state index in [0.717, 1.165) is 22.6 Å². The van der Waals surface area contributed by atoms with E-state index < -0.39 is 0 Å². The van der Waals surface area contributed by atoms with Gasteiger partial charge in [-0.2, -0.15) is 0 Å². The topological polar surface area (TPSA) is 29.5 Å². The van der Waals surface area contributed by atoms with Crippen LogP contribution in [0.1, 0.15) is 36.0 Å². The molecule has 4 aromatic rings. The monoisotopic (exact) mass is 441 g/mol. The second-order valence-electron chi connectivity index (χ2n) is 8.09. The van der Waals surface area contributed by atoms with Crippen LogP contribution in [0, 0.1) is 0 Å². The van der Waals surface area contributed by atoms with Crippen LogP contribution in [0.25, 0.3) is 10.8 Å². The summed E-state index contributed by atoms with van der Waals surface area (Å²) in [6.07, 6.45) is 0.426. The molecule has 1 atom stereocenters. The minimum Gasteiger partial charge on any atom is -0.494 e. The quantitative estimate of drug-likeness (QED) is 0.335. The Morgan fingerprint density at radius 3 is 2.56 bits per heavy atom. The number of carbonyl (C=O) groups is 1. The Kier molecular flexibility index (Phi) is 5.59. The van der Waals surface area contributed by atoms with Crippen LogP contribution in [-0.2, 0) is 11.3 Å². The summed E-state index contributed by atoms with van der Waals surface area (Å²) in [5.41, 5.74) is 4.32. The van der Waals surface area contributed by atoms with E-state index in [9.17, 15) is 4.79 Å². The Morgan fingerprint density at radius 2 is 1.78 bits per heavy atom. The number of ether oxygens (including phenoxy) is 1. The maximum atomic E-state index is 13.4. The number of carbonyl (C=O) groups excluding carboxylic acids is 1.